The van der Waals surface area contributed by atoms with Crippen molar-refractivity contribution in [2.24, 2.45) is 0 Å². The smallest absolute Gasteiger partial charge is 0.182 e. The molecule has 2 rings (SSSR count). The second kappa shape index (κ2) is 2.79. The van der Waals surface area contributed by atoms with Gasteiger partial charge in [0.25, 0.3) is 0 Å². The molecule has 0 amide bonds. The third-order valence-electron chi connectivity index (χ3n) is 1.81. The molecule has 1 aromatic carbocycles. The van der Waals surface area contributed by atoms with Crippen molar-refractivity contribution < 1.29 is 9.60 Å². The zero-order valence-electron chi connectivity index (χ0n) is 6.26. The summed E-state index contributed by atoms with van der Waals surface area (Å²) in [5.74, 6) is -0.704. The van der Waals surface area contributed by atoms with E-state index in [-0.39, 0.29) is 21.1 Å². The largest absolute Gasteiger partial charge is 0.427 e. The summed E-state index contributed by atoms with van der Waals surface area (Å²) in [6.07, 6.45) is 0. The van der Waals surface area contributed by atoms with Crippen LogP contribution in [0.1, 0.15) is 0 Å². The summed E-state index contributed by atoms with van der Waals surface area (Å²) < 4.78 is 13.9. The van der Waals surface area contributed by atoms with Crippen molar-refractivity contribution in [3.05, 3.63) is 34.2 Å². The molecular formula is C8H4Cl2FNO. The highest BCUT2D eigenvalue weighted by Gasteiger charge is 2.16. The highest BCUT2D eigenvalue weighted by Crippen LogP contribution is 2.32. The fourth-order valence-corrected chi connectivity index (χ4v) is 1.65. The molecule has 0 fully saturated rings. The first-order chi connectivity index (χ1) is 6.13. The topological polar surface area (TPSA) is 25.2 Å². The van der Waals surface area contributed by atoms with E-state index in [4.69, 9.17) is 23.2 Å². The van der Waals surface area contributed by atoms with Crippen LogP contribution in [-0.4, -0.2) is 9.94 Å². The van der Waals surface area contributed by atoms with Crippen molar-refractivity contribution in [2.45, 2.75) is 0 Å². The molecule has 1 aromatic heterocycles. The maximum Gasteiger partial charge on any atom is 0.182 e. The molecule has 13 heavy (non-hydrogen) atoms. The molecule has 0 aliphatic heterocycles. The molecule has 0 unspecified atom stereocenters. The van der Waals surface area contributed by atoms with E-state index >= 15 is 0 Å². The molecule has 68 valence electrons. The monoisotopic (exact) mass is 219 g/mol. The predicted molar refractivity (Wildman–Crippen MR) is 49.1 cm³/mol. The Balaban J connectivity index is 3.03. The third-order valence-corrected chi connectivity index (χ3v) is 2.45. The SMILES string of the molecule is On1c(Cl)c(F)c2c(Cl)cccc21. The molecule has 1 heterocycles. The van der Waals surface area contributed by atoms with Gasteiger partial charge in [-0.15, -0.1) is 0 Å². The zero-order valence-corrected chi connectivity index (χ0v) is 7.77. The summed E-state index contributed by atoms with van der Waals surface area (Å²) in [6.45, 7) is 0. The molecule has 0 bridgehead atoms. The Hall–Kier alpha value is -0.930. The van der Waals surface area contributed by atoms with Crippen LogP contribution in [0, 0.1) is 5.82 Å². The van der Waals surface area contributed by atoms with E-state index in [1.165, 1.54) is 12.1 Å². The molecule has 1 N–H and O–H groups in total. The quantitative estimate of drug-likeness (QED) is 0.676. The molecule has 0 atom stereocenters. The minimum atomic E-state index is -0.704. The van der Waals surface area contributed by atoms with Gasteiger partial charge in [0.15, 0.2) is 11.0 Å². The maximum absolute atomic E-state index is 13.3. The predicted octanol–water partition coefficient (Wildman–Crippen LogP) is 3.32. The van der Waals surface area contributed by atoms with Crippen LogP contribution in [-0.2, 0) is 0 Å². The Labute approximate surface area is 83.1 Å². The van der Waals surface area contributed by atoms with Crippen molar-refractivity contribution in [3.8, 4) is 0 Å². The van der Waals surface area contributed by atoms with Crippen LogP contribution in [0.2, 0.25) is 10.2 Å². The van der Waals surface area contributed by atoms with Gasteiger partial charge in [0.2, 0.25) is 0 Å². The number of halogens is 3. The number of nitrogens with zero attached hydrogens (tertiary/aromatic N) is 1. The number of aromatic nitrogens is 1. The van der Waals surface area contributed by atoms with Crippen molar-refractivity contribution >= 4 is 34.1 Å². The lowest BCUT2D eigenvalue weighted by molar-refractivity contribution is 0.199. The fraction of sp³-hybridized carbons (Fsp3) is 0. The normalized spacial score (nSPS) is 11.0. The van der Waals surface area contributed by atoms with Gasteiger partial charge in [-0.25, -0.2) is 4.39 Å². The summed E-state index contributed by atoms with van der Waals surface area (Å²) in [5.41, 5.74) is 0.259. The fourth-order valence-electron chi connectivity index (χ4n) is 1.21. The van der Waals surface area contributed by atoms with Gasteiger partial charge < -0.3 is 5.21 Å². The van der Waals surface area contributed by atoms with Crippen LogP contribution in [0.3, 0.4) is 0 Å². The number of hydrogen-bond acceptors (Lipinski definition) is 1. The summed E-state index contributed by atoms with van der Waals surface area (Å²) in [6, 6.07) is 4.66. The number of fused-ring (bicyclic) bond motifs is 1. The Kier molecular flexibility index (Phi) is 1.86. The van der Waals surface area contributed by atoms with E-state index in [9.17, 15) is 9.60 Å². The van der Waals surface area contributed by atoms with Crippen molar-refractivity contribution in [3.63, 3.8) is 0 Å². The molecule has 2 aromatic rings. The van der Waals surface area contributed by atoms with Crippen LogP contribution in [0.25, 0.3) is 10.9 Å². The van der Waals surface area contributed by atoms with E-state index in [0.717, 1.165) is 0 Å². The molecule has 0 saturated carbocycles. The van der Waals surface area contributed by atoms with E-state index in [0.29, 0.717) is 4.73 Å². The Morgan fingerprint density at radius 1 is 1.31 bits per heavy atom. The first-order valence-electron chi connectivity index (χ1n) is 3.46. The molecule has 0 aliphatic rings. The zero-order chi connectivity index (χ0) is 9.59. The van der Waals surface area contributed by atoms with Crippen LogP contribution >= 0.6 is 23.2 Å². The van der Waals surface area contributed by atoms with Crippen molar-refractivity contribution in [1.29, 1.82) is 0 Å². The summed E-state index contributed by atoms with van der Waals surface area (Å²) >= 11 is 11.2. The van der Waals surface area contributed by atoms with Gasteiger partial charge in [0.1, 0.15) is 0 Å². The van der Waals surface area contributed by atoms with Crippen molar-refractivity contribution in [2.75, 3.05) is 0 Å². The molecule has 0 spiro atoms. The summed E-state index contributed by atoms with van der Waals surface area (Å²) in [5, 5.41) is 9.29. The minimum Gasteiger partial charge on any atom is -0.427 e. The van der Waals surface area contributed by atoms with Gasteiger partial charge >= 0.3 is 0 Å². The van der Waals surface area contributed by atoms with Crippen molar-refractivity contribution in [1.82, 2.24) is 4.73 Å². The Bertz CT molecular complexity index is 480. The second-order valence-electron chi connectivity index (χ2n) is 2.55. The van der Waals surface area contributed by atoms with Crippen LogP contribution in [0.4, 0.5) is 4.39 Å². The van der Waals surface area contributed by atoms with Gasteiger partial charge in [-0.2, -0.15) is 4.73 Å². The van der Waals surface area contributed by atoms with E-state index in [1.807, 2.05) is 0 Å². The highest BCUT2D eigenvalue weighted by atomic mass is 35.5. The number of hydrogen-bond donors (Lipinski definition) is 1. The van der Waals surface area contributed by atoms with Crippen LogP contribution < -0.4 is 0 Å². The van der Waals surface area contributed by atoms with E-state index in [1.54, 1.807) is 6.07 Å². The summed E-state index contributed by atoms with van der Waals surface area (Å²) in [4.78, 5) is 0. The molecule has 0 aliphatic carbocycles. The molecule has 2 nitrogen and oxygen atoms in total. The average molecular weight is 220 g/mol. The van der Waals surface area contributed by atoms with Crippen LogP contribution in [0.5, 0.6) is 0 Å². The first-order valence-corrected chi connectivity index (χ1v) is 4.21. The lowest BCUT2D eigenvalue weighted by Crippen LogP contribution is -1.87. The molecule has 0 radical (unpaired) electrons. The van der Waals surface area contributed by atoms with Gasteiger partial charge in [-0.3, -0.25) is 0 Å². The van der Waals surface area contributed by atoms with Gasteiger partial charge in [-0.05, 0) is 12.1 Å². The third kappa shape index (κ3) is 1.08. The number of benzene rings is 1. The standard InChI is InChI=1S/C8H4Cl2FNO/c9-4-2-1-3-5-6(4)7(11)8(10)12(5)13/h1-3,13H. The highest BCUT2D eigenvalue weighted by molar-refractivity contribution is 6.37. The molecule has 0 saturated heterocycles. The van der Waals surface area contributed by atoms with Crippen LogP contribution in [0.15, 0.2) is 18.2 Å². The van der Waals surface area contributed by atoms with E-state index in [2.05, 4.69) is 0 Å². The lowest BCUT2D eigenvalue weighted by Gasteiger charge is -1.94. The minimum absolute atomic E-state index is 0.136. The second-order valence-corrected chi connectivity index (χ2v) is 3.32. The first kappa shape index (κ1) is 8.66. The number of rotatable bonds is 0. The van der Waals surface area contributed by atoms with Gasteiger partial charge in [0.05, 0.1) is 15.9 Å². The maximum atomic E-state index is 13.3. The molecule has 5 heteroatoms. The Morgan fingerprint density at radius 3 is 2.62 bits per heavy atom. The molecular weight excluding hydrogens is 216 g/mol. The average Bonchev–Trinajstić information content (AvgIpc) is 2.33. The lowest BCUT2D eigenvalue weighted by atomic mass is 10.2. The summed E-state index contributed by atoms with van der Waals surface area (Å²) in [7, 11) is 0. The Morgan fingerprint density at radius 2 is 2.00 bits per heavy atom. The van der Waals surface area contributed by atoms with Gasteiger partial charge in [0, 0.05) is 0 Å². The van der Waals surface area contributed by atoms with E-state index < -0.39 is 5.82 Å². The van der Waals surface area contributed by atoms with Gasteiger partial charge in [-0.1, -0.05) is 29.3 Å².